The van der Waals surface area contributed by atoms with Gasteiger partial charge in [-0.15, -0.1) is 0 Å². The van der Waals surface area contributed by atoms with E-state index in [0.29, 0.717) is 17.4 Å². The van der Waals surface area contributed by atoms with Crippen molar-refractivity contribution in [3.05, 3.63) is 59.7 Å². The Morgan fingerprint density at radius 3 is 2.32 bits per heavy atom. The van der Waals surface area contributed by atoms with Crippen LogP contribution < -0.4 is 0 Å². The highest BCUT2D eigenvalue weighted by Crippen LogP contribution is 2.39. The van der Waals surface area contributed by atoms with E-state index in [-0.39, 0.29) is 31.3 Å². The molecule has 0 bridgehead atoms. The van der Waals surface area contributed by atoms with Crippen molar-refractivity contribution >= 4 is 5.97 Å². The normalized spacial score (nSPS) is 20.6. The molecule has 2 rings (SSSR count). The van der Waals surface area contributed by atoms with Crippen molar-refractivity contribution in [3.63, 3.8) is 0 Å². The molecule has 1 fully saturated rings. The molecule has 2 N–H and O–H groups in total. The number of carbonyl (C=O) groups excluding carboxylic acids is 1. The van der Waals surface area contributed by atoms with Crippen molar-refractivity contribution in [3.8, 4) is 0 Å². The van der Waals surface area contributed by atoms with Gasteiger partial charge in [-0.3, -0.25) is 0 Å². The Balaban J connectivity index is 1.95. The second kappa shape index (κ2) is 12.8. The highest BCUT2D eigenvalue weighted by molar-refractivity contribution is 5.86. The molecule has 0 spiro atoms. The van der Waals surface area contributed by atoms with Crippen LogP contribution in [0, 0.1) is 11.8 Å². The first-order chi connectivity index (χ1) is 14.8. The molecule has 2 unspecified atom stereocenters. The first kappa shape index (κ1) is 25.3. The van der Waals surface area contributed by atoms with E-state index < -0.39 is 12.3 Å². The van der Waals surface area contributed by atoms with E-state index in [1.807, 2.05) is 0 Å². The molecule has 1 aromatic carbocycles. The number of aryl methyl sites for hydroxylation is 1. The average molecular weight is 431 g/mol. The van der Waals surface area contributed by atoms with E-state index in [4.69, 9.17) is 14.6 Å². The predicted molar refractivity (Wildman–Crippen MR) is 123 cm³/mol. The zero-order valence-corrected chi connectivity index (χ0v) is 19.0. The van der Waals surface area contributed by atoms with Crippen LogP contribution in [0.4, 0.5) is 0 Å². The van der Waals surface area contributed by atoms with E-state index in [0.717, 1.165) is 38.5 Å². The lowest BCUT2D eigenvalue weighted by atomic mass is 9.74. The monoisotopic (exact) mass is 430 g/mol. The Labute approximate surface area is 186 Å². The molecule has 0 amide bonds. The number of hydrogen-bond donors (Lipinski definition) is 2. The highest BCUT2D eigenvalue weighted by atomic mass is 16.6. The summed E-state index contributed by atoms with van der Waals surface area (Å²) in [6.45, 7) is 11.2. The molecule has 0 heterocycles. The van der Waals surface area contributed by atoms with E-state index in [2.05, 4.69) is 44.3 Å². The summed E-state index contributed by atoms with van der Waals surface area (Å²) in [7, 11) is 0. The summed E-state index contributed by atoms with van der Waals surface area (Å²) in [4.78, 5) is 11.9. The summed E-state index contributed by atoms with van der Waals surface area (Å²) >= 11 is 0. The Kier molecular flexibility index (Phi) is 10.4. The molecule has 0 aliphatic heterocycles. The molecular formula is C26H38O5. The first-order valence-corrected chi connectivity index (χ1v) is 11.3. The lowest BCUT2D eigenvalue weighted by Gasteiger charge is -2.34. The number of esters is 1. The number of hydrogen-bond acceptors (Lipinski definition) is 5. The Morgan fingerprint density at radius 2 is 1.77 bits per heavy atom. The van der Waals surface area contributed by atoms with Crippen LogP contribution in [0.2, 0.25) is 0 Å². The second-order valence-electron chi connectivity index (χ2n) is 8.74. The molecule has 1 aliphatic rings. The van der Waals surface area contributed by atoms with E-state index in [1.165, 1.54) is 11.1 Å². The third kappa shape index (κ3) is 7.91. The smallest absolute Gasteiger partial charge is 0.333 e. The number of carbonyl (C=O) groups is 1. The molecule has 0 aromatic heterocycles. The van der Waals surface area contributed by atoms with Gasteiger partial charge >= 0.3 is 5.97 Å². The second-order valence-corrected chi connectivity index (χ2v) is 8.74. The lowest BCUT2D eigenvalue weighted by Crippen LogP contribution is -2.31. The van der Waals surface area contributed by atoms with Crippen molar-refractivity contribution in [2.75, 3.05) is 19.8 Å². The van der Waals surface area contributed by atoms with E-state index >= 15 is 0 Å². The van der Waals surface area contributed by atoms with Gasteiger partial charge in [0.05, 0.1) is 19.8 Å². The third-order valence-corrected chi connectivity index (χ3v) is 6.23. The van der Waals surface area contributed by atoms with Gasteiger partial charge < -0.3 is 19.7 Å². The summed E-state index contributed by atoms with van der Waals surface area (Å²) in [6.07, 6.45) is 5.23. The van der Waals surface area contributed by atoms with Gasteiger partial charge in [0.1, 0.15) is 0 Å². The molecule has 172 valence electrons. The molecule has 0 saturated heterocycles. The van der Waals surface area contributed by atoms with Crippen molar-refractivity contribution in [1.82, 2.24) is 0 Å². The number of aliphatic hydroxyl groups excluding tert-OH is 2. The highest BCUT2D eigenvalue weighted by Gasteiger charge is 2.30. The average Bonchev–Trinajstić information content (AvgIpc) is 2.79. The SMILES string of the molecule is C=C(C)C(=O)OCC(COC(O)C(=C)CO)C1CCC(c2ccc(CCC)cc2)CC1. The molecule has 31 heavy (non-hydrogen) atoms. The molecule has 0 radical (unpaired) electrons. The predicted octanol–water partition coefficient (Wildman–Crippen LogP) is 4.53. The number of ether oxygens (including phenoxy) is 2. The molecule has 1 aliphatic carbocycles. The fourth-order valence-corrected chi connectivity index (χ4v) is 4.21. The topological polar surface area (TPSA) is 76.0 Å². The van der Waals surface area contributed by atoms with E-state index in [1.54, 1.807) is 6.92 Å². The van der Waals surface area contributed by atoms with Crippen molar-refractivity contribution in [2.24, 2.45) is 11.8 Å². The van der Waals surface area contributed by atoms with Crippen LogP contribution in [0.5, 0.6) is 0 Å². The van der Waals surface area contributed by atoms with Gasteiger partial charge in [0, 0.05) is 17.1 Å². The summed E-state index contributed by atoms with van der Waals surface area (Å²) in [5.41, 5.74) is 3.37. The molecular weight excluding hydrogens is 392 g/mol. The molecule has 5 nitrogen and oxygen atoms in total. The Bertz CT molecular complexity index is 716. The molecule has 1 saturated carbocycles. The number of rotatable bonds is 12. The minimum atomic E-state index is -1.22. The van der Waals surface area contributed by atoms with Gasteiger partial charge in [-0.05, 0) is 62.0 Å². The van der Waals surface area contributed by atoms with Crippen LogP contribution in [-0.2, 0) is 20.7 Å². The molecule has 1 aromatic rings. The van der Waals surface area contributed by atoms with Crippen LogP contribution in [-0.4, -0.2) is 42.3 Å². The molecule has 5 heteroatoms. The number of aliphatic hydroxyl groups is 2. The van der Waals surface area contributed by atoms with Gasteiger partial charge in [0.2, 0.25) is 0 Å². The maximum absolute atomic E-state index is 11.9. The van der Waals surface area contributed by atoms with Gasteiger partial charge in [-0.1, -0.05) is 50.8 Å². The minimum Gasteiger partial charge on any atom is -0.462 e. The Hall–Kier alpha value is -1.95. The van der Waals surface area contributed by atoms with Gasteiger partial charge in [0.15, 0.2) is 6.29 Å². The van der Waals surface area contributed by atoms with Crippen LogP contribution in [0.25, 0.3) is 0 Å². The maximum atomic E-state index is 11.9. The third-order valence-electron chi connectivity index (χ3n) is 6.23. The van der Waals surface area contributed by atoms with Crippen molar-refractivity contribution in [2.45, 2.75) is 64.6 Å². The van der Waals surface area contributed by atoms with Crippen molar-refractivity contribution < 1.29 is 24.5 Å². The van der Waals surface area contributed by atoms with Crippen LogP contribution in [0.3, 0.4) is 0 Å². The fourth-order valence-electron chi connectivity index (χ4n) is 4.21. The fraction of sp³-hybridized carbons (Fsp3) is 0.577. The summed E-state index contributed by atoms with van der Waals surface area (Å²) in [6, 6.07) is 9.02. The maximum Gasteiger partial charge on any atom is 0.333 e. The summed E-state index contributed by atoms with van der Waals surface area (Å²) in [5.74, 6) is 0.442. The quantitative estimate of drug-likeness (QED) is 0.220. The molecule has 2 atom stereocenters. The van der Waals surface area contributed by atoms with Gasteiger partial charge in [-0.25, -0.2) is 4.79 Å². The zero-order chi connectivity index (χ0) is 22.8. The lowest BCUT2D eigenvalue weighted by molar-refractivity contribution is -0.144. The summed E-state index contributed by atoms with van der Waals surface area (Å²) in [5, 5.41) is 19.1. The number of benzene rings is 1. The van der Waals surface area contributed by atoms with Gasteiger partial charge in [-0.2, -0.15) is 0 Å². The van der Waals surface area contributed by atoms with Crippen molar-refractivity contribution in [1.29, 1.82) is 0 Å². The summed E-state index contributed by atoms with van der Waals surface area (Å²) < 4.78 is 10.9. The standard InChI is InChI=1S/C26H38O5/c1-5-6-20-7-9-21(10-8-20)22-11-13-23(14-12-22)24(16-30-25(28)18(2)3)17-31-26(29)19(4)15-27/h7-10,22-24,26-27,29H,2,4-6,11-17H2,1,3H3. The zero-order valence-electron chi connectivity index (χ0n) is 19.0. The van der Waals surface area contributed by atoms with Crippen LogP contribution >= 0.6 is 0 Å². The van der Waals surface area contributed by atoms with E-state index in [9.17, 15) is 9.90 Å². The Morgan fingerprint density at radius 1 is 1.13 bits per heavy atom. The van der Waals surface area contributed by atoms with Crippen LogP contribution in [0.1, 0.15) is 63.0 Å². The largest absolute Gasteiger partial charge is 0.462 e. The van der Waals surface area contributed by atoms with Crippen LogP contribution in [0.15, 0.2) is 48.6 Å². The van der Waals surface area contributed by atoms with Gasteiger partial charge in [0.25, 0.3) is 0 Å². The minimum absolute atomic E-state index is 0.0303. The first-order valence-electron chi connectivity index (χ1n) is 11.3.